The Kier molecular flexibility index (Phi) is 3.67. The smallest absolute Gasteiger partial charge is 0.398 e. The first kappa shape index (κ1) is 13.4. The second-order valence-corrected chi connectivity index (χ2v) is 3.24. The minimum atomic E-state index is -4.44. The van der Waals surface area contributed by atoms with Crippen molar-refractivity contribution in [3.05, 3.63) is 42.5 Å². The Morgan fingerprint density at radius 1 is 1.24 bits per heavy atom. The molecule has 0 atom stereocenters. The van der Waals surface area contributed by atoms with Crippen LogP contribution in [0.15, 0.2) is 36.9 Å². The molecule has 0 fully saturated rings. The topological polar surface area (TPSA) is 43.8 Å². The minimum Gasteiger partial charge on any atom is -0.398 e. The molecule has 2 aromatic rings. The Morgan fingerprint density at radius 3 is 2.47 bits per heavy atom. The predicted octanol–water partition coefficient (Wildman–Crippen LogP) is 2.90. The second-order valence-electron chi connectivity index (χ2n) is 3.24. The van der Waals surface area contributed by atoms with E-state index in [2.05, 4.69) is 4.98 Å². The molecule has 7 heteroatoms. The van der Waals surface area contributed by atoms with Crippen molar-refractivity contribution in [1.82, 2.24) is 9.55 Å². The van der Waals surface area contributed by atoms with Crippen LogP contribution in [0.4, 0.5) is 18.9 Å². The van der Waals surface area contributed by atoms with E-state index in [1.54, 1.807) is 6.20 Å². The summed E-state index contributed by atoms with van der Waals surface area (Å²) < 4.78 is 39.2. The van der Waals surface area contributed by atoms with Crippen LogP contribution in [0.2, 0.25) is 0 Å². The van der Waals surface area contributed by atoms with Gasteiger partial charge < -0.3 is 10.3 Å². The maximum atomic E-state index is 12.6. The lowest BCUT2D eigenvalue weighted by Crippen LogP contribution is -2.09. The summed E-state index contributed by atoms with van der Waals surface area (Å²) in [6.07, 6.45) is 0.0294. The number of anilines is 1. The van der Waals surface area contributed by atoms with Gasteiger partial charge in [-0.25, -0.2) is 4.98 Å². The first-order chi connectivity index (χ1) is 7.48. The monoisotopic (exact) mass is 263 g/mol. The summed E-state index contributed by atoms with van der Waals surface area (Å²) in [5.41, 5.74) is 4.54. The number of benzene rings is 1. The van der Waals surface area contributed by atoms with Gasteiger partial charge in [-0.1, -0.05) is 0 Å². The molecular weight excluding hydrogens is 255 g/mol. The summed E-state index contributed by atoms with van der Waals surface area (Å²) >= 11 is 0. The molecule has 17 heavy (non-hydrogen) atoms. The zero-order valence-corrected chi connectivity index (χ0v) is 9.29. The van der Waals surface area contributed by atoms with Gasteiger partial charge in [0, 0.05) is 23.8 Å². The molecule has 1 heterocycles. The number of hydrogen-bond acceptors (Lipinski definition) is 2. The molecule has 0 amide bonds. The average molecular weight is 264 g/mol. The van der Waals surface area contributed by atoms with Gasteiger partial charge in [-0.15, -0.1) is 12.4 Å². The normalized spacial score (nSPS) is 11.0. The predicted molar refractivity (Wildman–Crippen MR) is 60.2 cm³/mol. The van der Waals surface area contributed by atoms with Crippen molar-refractivity contribution < 1.29 is 13.2 Å². The summed E-state index contributed by atoms with van der Waals surface area (Å²) in [7, 11) is 0. The van der Waals surface area contributed by atoms with Crippen molar-refractivity contribution in [3.63, 3.8) is 0 Å². The summed E-state index contributed by atoms with van der Waals surface area (Å²) in [6.45, 7) is 0. The highest BCUT2D eigenvalue weighted by Gasteiger charge is 2.33. The molecule has 0 bridgehead atoms. The Bertz CT molecular complexity index is 494. The fourth-order valence-corrected chi connectivity index (χ4v) is 1.36. The molecule has 0 aliphatic rings. The van der Waals surface area contributed by atoms with Gasteiger partial charge in [-0.3, -0.25) is 0 Å². The van der Waals surface area contributed by atoms with Gasteiger partial charge in [0.25, 0.3) is 0 Å². The second kappa shape index (κ2) is 4.67. The van der Waals surface area contributed by atoms with Crippen molar-refractivity contribution in [3.8, 4) is 5.69 Å². The van der Waals surface area contributed by atoms with Crippen LogP contribution in [0.5, 0.6) is 0 Å². The van der Waals surface area contributed by atoms with E-state index in [1.807, 2.05) is 0 Å². The van der Waals surface area contributed by atoms with Crippen LogP contribution in [0.1, 0.15) is 5.56 Å². The maximum absolute atomic E-state index is 12.6. The van der Waals surface area contributed by atoms with Crippen LogP contribution in [0.25, 0.3) is 5.69 Å². The summed E-state index contributed by atoms with van der Waals surface area (Å²) in [6, 6.07) is 3.74. The molecule has 3 nitrogen and oxygen atoms in total. The van der Waals surface area contributed by atoms with E-state index >= 15 is 0 Å². The standard InChI is InChI=1S/C10H8F3N3.ClH/c11-10(12,13)8-5-7(1-2-9(8)14)16-4-3-15-6-16;/h1-6H,14H2;1H. The number of rotatable bonds is 1. The van der Waals surface area contributed by atoms with Crippen LogP contribution in [-0.4, -0.2) is 9.55 Å². The maximum Gasteiger partial charge on any atom is 0.418 e. The molecule has 1 aromatic heterocycles. The highest BCUT2D eigenvalue weighted by molar-refractivity contribution is 5.85. The van der Waals surface area contributed by atoms with Crippen molar-refractivity contribution in [2.45, 2.75) is 6.18 Å². The highest BCUT2D eigenvalue weighted by Crippen LogP contribution is 2.34. The van der Waals surface area contributed by atoms with Gasteiger partial charge in [0.05, 0.1) is 11.9 Å². The molecule has 1 aromatic carbocycles. The van der Waals surface area contributed by atoms with Crippen LogP contribution in [0.3, 0.4) is 0 Å². The Hall–Kier alpha value is -1.69. The number of nitrogens with zero attached hydrogens (tertiary/aromatic N) is 2. The zero-order chi connectivity index (χ0) is 11.8. The molecule has 0 aliphatic heterocycles. The Morgan fingerprint density at radius 2 is 1.94 bits per heavy atom. The average Bonchev–Trinajstić information content (AvgIpc) is 2.69. The number of nitrogens with two attached hydrogens (primary N) is 1. The number of imidazole rings is 1. The van der Waals surface area contributed by atoms with Gasteiger partial charge in [0.2, 0.25) is 0 Å². The van der Waals surface area contributed by atoms with E-state index in [0.29, 0.717) is 5.69 Å². The Labute approximate surface area is 101 Å². The van der Waals surface area contributed by atoms with Crippen molar-refractivity contribution in [2.75, 3.05) is 5.73 Å². The molecule has 0 saturated carbocycles. The molecule has 0 spiro atoms. The van der Waals surface area contributed by atoms with Crippen LogP contribution in [0, 0.1) is 0 Å². The molecular formula is C10H9ClF3N3. The van der Waals surface area contributed by atoms with E-state index in [9.17, 15) is 13.2 Å². The summed E-state index contributed by atoms with van der Waals surface area (Å²) in [5, 5.41) is 0. The Balaban J connectivity index is 0.00000144. The van der Waals surface area contributed by atoms with Crippen molar-refractivity contribution in [2.24, 2.45) is 0 Å². The largest absolute Gasteiger partial charge is 0.418 e. The number of nitrogen functional groups attached to an aromatic ring is 1. The first-order valence-electron chi connectivity index (χ1n) is 4.43. The first-order valence-corrected chi connectivity index (χ1v) is 4.43. The molecule has 0 aliphatic carbocycles. The van der Waals surface area contributed by atoms with Gasteiger partial charge >= 0.3 is 6.18 Å². The van der Waals surface area contributed by atoms with Crippen LogP contribution < -0.4 is 5.73 Å². The molecule has 0 unspecified atom stereocenters. The van der Waals surface area contributed by atoms with E-state index in [0.717, 1.165) is 6.07 Å². The third-order valence-electron chi connectivity index (χ3n) is 2.14. The van der Waals surface area contributed by atoms with Crippen molar-refractivity contribution in [1.29, 1.82) is 0 Å². The van der Waals surface area contributed by atoms with Crippen LogP contribution in [-0.2, 0) is 6.18 Å². The SMILES string of the molecule is Cl.Nc1ccc(-n2ccnc2)cc1C(F)(F)F. The van der Waals surface area contributed by atoms with Crippen molar-refractivity contribution >= 4 is 18.1 Å². The van der Waals surface area contributed by atoms with Crippen LogP contribution >= 0.6 is 12.4 Å². The zero-order valence-electron chi connectivity index (χ0n) is 8.48. The van der Waals surface area contributed by atoms with Gasteiger partial charge in [-0.2, -0.15) is 13.2 Å². The van der Waals surface area contributed by atoms with Gasteiger partial charge in [0.15, 0.2) is 0 Å². The van der Waals surface area contributed by atoms with Gasteiger partial charge in [0.1, 0.15) is 0 Å². The molecule has 2 rings (SSSR count). The minimum absolute atomic E-state index is 0. The fourth-order valence-electron chi connectivity index (χ4n) is 1.36. The third-order valence-corrected chi connectivity index (χ3v) is 2.14. The number of halogens is 4. The highest BCUT2D eigenvalue weighted by atomic mass is 35.5. The molecule has 0 saturated heterocycles. The quantitative estimate of drug-likeness (QED) is 0.804. The third kappa shape index (κ3) is 2.71. The lowest BCUT2D eigenvalue weighted by atomic mass is 10.1. The fraction of sp³-hybridized carbons (Fsp3) is 0.100. The lowest BCUT2D eigenvalue weighted by Gasteiger charge is -2.11. The van der Waals surface area contributed by atoms with E-state index in [-0.39, 0.29) is 18.1 Å². The number of alkyl halides is 3. The van der Waals surface area contributed by atoms with E-state index in [4.69, 9.17) is 5.73 Å². The summed E-state index contributed by atoms with van der Waals surface area (Å²) in [4.78, 5) is 3.76. The lowest BCUT2D eigenvalue weighted by molar-refractivity contribution is -0.136. The summed E-state index contributed by atoms with van der Waals surface area (Å²) in [5.74, 6) is 0. The van der Waals surface area contributed by atoms with E-state index < -0.39 is 11.7 Å². The number of hydrogen-bond donors (Lipinski definition) is 1. The molecule has 0 radical (unpaired) electrons. The van der Waals surface area contributed by atoms with E-state index in [1.165, 1.54) is 29.2 Å². The van der Waals surface area contributed by atoms with Gasteiger partial charge in [-0.05, 0) is 18.2 Å². The molecule has 2 N–H and O–H groups in total. The molecule has 92 valence electrons. The number of aromatic nitrogens is 2.